The van der Waals surface area contributed by atoms with Gasteiger partial charge in [-0.05, 0) is 170 Å². The summed E-state index contributed by atoms with van der Waals surface area (Å²) >= 11 is 0. The first-order chi connectivity index (χ1) is 49.6. The van der Waals surface area contributed by atoms with Gasteiger partial charge in [0.05, 0.1) is 28.8 Å². The molecular weight excluding hydrogens is 1650 g/mol. The molecule has 4 saturated carbocycles. The van der Waals surface area contributed by atoms with Gasteiger partial charge < -0.3 is 49.2 Å². The third kappa shape index (κ3) is 21.7. The molecule has 5 fully saturated rings. The van der Waals surface area contributed by atoms with Gasteiger partial charge in [0.2, 0.25) is 11.7 Å². The summed E-state index contributed by atoms with van der Waals surface area (Å²) in [6.07, 6.45) is -74.5. The Hall–Kier alpha value is -4.74. The Morgan fingerprint density at radius 2 is 0.743 bits per heavy atom. The van der Waals surface area contributed by atoms with Crippen molar-refractivity contribution in [2.24, 2.45) is 57.2 Å². The van der Waals surface area contributed by atoms with Crippen molar-refractivity contribution in [3.05, 3.63) is 0 Å². The molecule has 113 heavy (non-hydrogen) atoms. The van der Waals surface area contributed by atoms with Crippen molar-refractivity contribution in [3.63, 3.8) is 0 Å². The van der Waals surface area contributed by atoms with Crippen LogP contribution in [0.5, 0.6) is 0 Å². The zero-order valence-corrected chi connectivity index (χ0v) is 62.3. The molecule has 14 nitrogen and oxygen atoms in total. The number of alkyl halides is 34. The van der Waals surface area contributed by atoms with Gasteiger partial charge in [0.25, 0.3) is 22.4 Å². The van der Waals surface area contributed by atoms with Crippen LogP contribution >= 0.6 is 0 Å². The van der Waals surface area contributed by atoms with E-state index in [0.29, 0.717) is 32.1 Å². The maximum atomic E-state index is 14.4. The number of hydrogen-bond acceptors (Lipinski definition) is 14. The number of carbonyl (C=O) groups excluding carboxylic acids is 4. The Morgan fingerprint density at radius 1 is 0.407 bits per heavy atom. The Kier molecular flexibility index (Phi) is 32.5. The molecule has 0 amide bonds. The van der Waals surface area contributed by atoms with Gasteiger partial charge in [-0.2, -0.15) is 149 Å². The fraction of sp³-hybridized carbons (Fsp3) is 0.938. The topological polar surface area (TPSA) is 216 Å². The van der Waals surface area contributed by atoms with E-state index in [-0.39, 0.29) is 48.9 Å². The maximum absolute atomic E-state index is 14.4. The van der Waals surface area contributed by atoms with Crippen molar-refractivity contribution in [3.8, 4) is 0 Å². The van der Waals surface area contributed by atoms with E-state index in [2.05, 4.69) is 14.2 Å². The highest BCUT2D eigenvalue weighted by Crippen LogP contribution is 2.64. The van der Waals surface area contributed by atoms with Crippen LogP contribution in [-0.2, 0) is 42.9 Å². The van der Waals surface area contributed by atoms with Gasteiger partial charge in [-0.25, -0.2) is 0 Å². The molecule has 1 heterocycles. The summed E-state index contributed by atoms with van der Waals surface area (Å²) in [6, 6.07) is 0. The van der Waals surface area contributed by atoms with Crippen LogP contribution in [-0.4, -0.2) is 182 Å². The zero-order chi connectivity index (χ0) is 90.4. The molecule has 10 unspecified atom stereocenters. The molecule has 0 aromatic rings. The van der Waals surface area contributed by atoms with E-state index in [0.717, 1.165) is 26.7 Å². The van der Waals surface area contributed by atoms with Gasteiger partial charge >= 0.3 is 103 Å². The number of carbonyl (C=O) groups is 4. The number of esters is 4. The molecule has 10 atom stereocenters. The molecule has 48 heteroatoms. The molecule has 1 saturated heterocycles. The monoisotopic (exact) mass is 1740 g/mol. The predicted octanol–water partition coefficient (Wildman–Crippen LogP) is 19.3. The largest absolute Gasteiger partial charge is 0.469 e. The average molecular weight is 1740 g/mol. The Bertz CT molecular complexity index is 3000. The number of ether oxygens (including phenoxy) is 5. The molecule has 5 aliphatic rings. The number of fused-ring (bicyclic) bond motifs is 2. The van der Waals surface area contributed by atoms with Crippen molar-refractivity contribution in [2.75, 3.05) is 7.11 Å². The fourth-order valence-electron chi connectivity index (χ4n) is 12.4. The minimum Gasteiger partial charge on any atom is -0.469 e. The second kappa shape index (κ2) is 34.5. The first-order valence-corrected chi connectivity index (χ1v) is 34.0. The molecule has 4 aliphatic carbocycles. The Balaban J connectivity index is 0.000000738. The first kappa shape index (κ1) is 106. The molecule has 5 N–H and O–H groups in total. The summed E-state index contributed by atoms with van der Waals surface area (Å²) in [7, 11) is 1.42. The van der Waals surface area contributed by atoms with E-state index in [9.17, 15) is 189 Å². The van der Waals surface area contributed by atoms with Crippen molar-refractivity contribution >= 4 is 23.9 Å². The van der Waals surface area contributed by atoms with Crippen LogP contribution < -0.4 is 0 Å². The van der Waals surface area contributed by atoms with Crippen molar-refractivity contribution in [1.29, 1.82) is 0 Å². The van der Waals surface area contributed by atoms with E-state index in [1.54, 1.807) is 6.92 Å². The van der Waals surface area contributed by atoms with E-state index < -0.39 is 223 Å². The molecular formula is C65H88F34O14. The molecule has 2 bridgehead atoms. The van der Waals surface area contributed by atoms with E-state index in [1.807, 2.05) is 20.8 Å². The lowest BCUT2D eigenvalue weighted by atomic mass is 9.65. The summed E-state index contributed by atoms with van der Waals surface area (Å²) in [4.78, 5) is 47.0. The minimum atomic E-state index is -6.66. The summed E-state index contributed by atoms with van der Waals surface area (Å²) in [5.74, 6) is -31.9. The molecule has 670 valence electrons. The lowest BCUT2D eigenvalue weighted by molar-refractivity contribution is -0.537. The molecule has 1 aliphatic heterocycles. The number of aliphatic hydroxyl groups is 5. The lowest BCUT2D eigenvalue weighted by Crippen LogP contribution is -2.82. The smallest absolute Gasteiger partial charge is 0.449 e. The third-order valence-electron chi connectivity index (χ3n) is 21.8. The normalized spacial score (nSPS) is 26.8. The summed E-state index contributed by atoms with van der Waals surface area (Å²) in [5.41, 5.74) is -30.8. The number of halogens is 34. The van der Waals surface area contributed by atoms with Crippen molar-refractivity contribution in [1.82, 2.24) is 0 Å². The third-order valence-corrected chi connectivity index (χ3v) is 21.8. The van der Waals surface area contributed by atoms with E-state index >= 15 is 0 Å². The number of methoxy groups -OCH3 is 1. The summed E-state index contributed by atoms with van der Waals surface area (Å²) in [5, 5.41) is 47.3. The predicted molar refractivity (Wildman–Crippen MR) is 319 cm³/mol. The SMILES string of the molecule is CCC(C)(C)C(=O)OC.CCC(C)(C)C(=O)OC1C(F)(F)C(C)(C(F)(F)F)OC(O)(C(F)(F)F)C1(F)F.CCC(C)(C)C(=O)OC1CC(C(O)(C(F)(F)F)C(F)(F)F)CC(C(O)(C(F)(F)F)C(F)(F)F)C1.CCC(C)(C)C(=O)OC1CCCCC1C(O)(C(F)(F)F)C(F)(F)F.OC(CC1CC2CCC1C2)(C(F)(F)F)C(F)(F)F. The quantitative estimate of drug-likeness (QED) is 0.0552. The highest BCUT2D eigenvalue weighted by Gasteiger charge is 2.91. The van der Waals surface area contributed by atoms with Gasteiger partial charge in [-0.1, -0.05) is 40.5 Å². The number of hydrogen-bond donors (Lipinski definition) is 5. The van der Waals surface area contributed by atoms with Crippen molar-refractivity contribution < 1.29 is 218 Å². The van der Waals surface area contributed by atoms with Crippen LogP contribution in [0.4, 0.5) is 149 Å². The van der Waals surface area contributed by atoms with Gasteiger partial charge in [0, 0.05) is 17.8 Å². The minimum absolute atomic E-state index is 0.0184. The zero-order valence-electron chi connectivity index (χ0n) is 62.3. The maximum Gasteiger partial charge on any atom is 0.449 e. The van der Waals surface area contributed by atoms with E-state index in [1.165, 1.54) is 48.7 Å². The van der Waals surface area contributed by atoms with Gasteiger partial charge in [-0.15, -0.1) is 0 Å². The van der Waals surface area contributed by atoms with Crippen LogP contribution in [0.2, 0.25) is 0 Å². The van der Waals surface area contributed by atoms with Crippen molar-refractivity contribution in [2.45, 2.75) is 318 Å². The highest BCUT2D eigenvalue weighted by molar-refractivity contribution is 5.77. The average Bonchev–Trinajstić information content (AvgIpc) is 0.812. The Morgan fingerprint density at radius 3 is 1.03 bits per heavy atom. The summed E-state index contributed by atoms with van der Waals surface area (Å²) in [6.45, 7) is 16.7. The van der Waals surface area contributed by atoms with Gasteiger partial charge in [-0.3, -0.25) is 19.2 Å². The number of rotatable bonds is 16. The molecule has 0 radical (unpaired) electrons. The lowest BCUT2D eigenvalue weighted by Gasteiger charge is -2.54. The molecule has 5 rings (SSSR count). The Labute approximate surface area is 623 Å². The second-order valence-electron chi connectivity index (χ2n) is 31.0. The van der Waals surface area contributed by atoms with Crippen LogP contribution in [0.25, 0.3) is 0 Å². The van der Waals surface area contributed by atoms with Crippen LogP contribution in [0.15, 0.2) is 0 Å². The second-order valence-corrected chi connectivity index (χ2v) is 31.0. The molecule has 0 aromatic heterocycles. The molecule has 0 spiro atoms. The summed E-state index contributed by atoms with van der Waals surface area (Å²) < 4.78 is 470. The van der Waals surface area contributed by atoms with Crippen LogP contribution in [0, 0.1) is 57.2 Å². The van der Waals surface area contributed by atoms with Crippen LogP contribution in [0.3, 0.4) is 0 Å². The fourth-order valence-corrected chi connectivity index (χ4v) is 12.4. The highest BCUT2D eigenvalue weighted by atomic mass is 19.5. The van der Waals surface area contributed by atoms with Crippen LogP contribution in [0.1, 0.15) is 193 Å². The van der Waals surface area contributed by atoms with Gasteiger partial charge in [0.15, 0.2) is 0 Å². The van der Waals surface area contributed by atoms with E-state index in [4.69, 9.17) is 14.6 Å². The first-order valence-electron chi connectivity index (χ1n) is 34.0. The van der Waals surface area contributed by atoms with Gasteiger partial charge in [0.1, 0.15) is 12.2 Å². The molecule has 0 aromatic carbocycles. The standard InChI is InChI=1S/C18H22F12O4.C15H22F6O3.C14H16F10O4.C11H14F6O.C7H14O2/c1-4-12(2,3)11(31)34-10-6-8(13(32,15(19,20)21)16(22,23)24)5-9(7-10)14(33,17(25,26)27)18(28,29)30;1-4-12(2,3)11(22)24-10-8-6-5-7-9(10)13(23,14(16,17)18)15(19,20)21;1-5-8(2,3)7(25)27-6-10(15,16)9(4,13(19,20)21)28-12(26,11(6,17)18)14(22,23)24;12-10(13,14)9(18,11(15,16)17)5-8-4-6-1-2-7(8)3-6;1-5-7(2,3)6(8)9-4/h8-10,32-33H,4-7H2,1-3H3;9-10,23H,4-8H2,1-3H3;6,26H,5H2,1-4H3;6-8,18H,1-5H2;5H2,1-4H3.